The lowest BCUT2D eigenvalue weighted by molar-refractivity contribution is -0.145. The number of ether oxygens (including phenoxy) is 1. The largest absolute Gasteiger partial charge is 0.466 e. The molecule has 2 atom stereocenters. The number of nitrogens with zero attached hydrogens (tertiary/aromatic N) is 1. The van der Waals surface area contributed by atoms with E-state index in [-0.39, 0.29) is 13.0 Å². The van der Waals surface area contributed by atoms with Crippen molar-refractivity contribution in [2.24, 2.45) is 0 Å². The maximum absolute atomic E-state index is 12.9. The fourth-order valence-electron chi connectivity index (χ4n) is 2.97. The number of halogens is 2. The molecule has 1 aromatic carbocycles. The van der Waals surface area contributed by atoms with Crippen LogP contribution in [-0.4, -0.2) is 41.6 Å². The van der Waals surface area contributed by atoms with Crippen LogP contribution in [0.3, 0.4) is 0 Å². The number of carbonyl (C=O) groups is 3. The Morgan fingerprint density at radius 3 is 2.59 bits per heavy atom. The summed E-state index contributed by atoms with van der Waals surface area (Å²) in [7, 11) is 0. The lowest BCUT2D eigenvalue weighted by Crippen LogP contribution is -2.47. The molecule has 0 saturated heterocycles. The number of hydrogen-bond acceptors (Lipinski definition) is 5. The fourth-order valence-corrected chi connectivity index (χ4v) is 3.15. The molecule has 0 spiro atoms. The Hall–Kier alpha value is -2.74. The molecule has 0 aliphatic rings. The van der Waals surface area contributed by atoms with Crippen LogP contribution in [0.4, 0.5) is 4.39 Å². The number of hydrogen-bond donors (Lipinski definition) is 1. The molecule has 29 heavy (non-hydrogen) atoms. The van der Waals surface area contributed by atoms with Crippen LogP contribution in [0.25, 0.3) is 10.8 Å². The molecule has 1 amide bonds. The van der Waals surface area contributed by atoms with E-state index in [1.54, 1.807) is 32.0 Å². The van der Waals surface area contributed by atoms with Crippen molar-refractivity contribution in [3.8, 4) is 0 Å². The van der Waals surface area contributed by atoms with Gasteiger partial charge in [0, 0.05) is 16.6 Å². The van der Waals surface area contributed by atoms with E-state index in [1.807, 2.05) is 0 Å². The van der Waals surface area contributed by atoms with Crippen LogP contribution >= 0.6 is 11.6 Å². The lowest BCUT2D eigenvalue weighted by Gasteiger charge is -2.22. The van der Waals surface area contributed by atoms with Gasteiger partial charge in [0.05, 0.1) is 13.0 Å². The molecule has 0 aliphatic heterocycles. The van der Waals surface area contributed by atoms with Crippen molar-refractivity contribution in [2.75, 3.05) is 13.3 Å². The van der Waals surface area contributed by atoms with Gasteiger partial charge in [-0.15, -0.1) is 0 Å². The van der Waals surface area contributed by atoms with Gasteiger partial charge >= 0.3 is 5.97 Å². The first kappa shape index (κ1) is 22.5. The maximum Gasteiger partial charge on any atom is 0.308 e. The van der Waals surface area contributed by atoms with Crippen molar-refractivity contribution in [1.82, 2.24) is 9.88 Å². The standard InChI is InChI=1S/C20H22ClFN2O5/c1-3-16(19(27)23-15(17(25)11-22)10-18(26)29-4-2)24-8-7-12-5-6-13(21)9-14(12)20(24)28/h5-9,15-16H,3-4,10-11H2,1-2H3,(H,23,27)/t15?,16-/m0/s1. The summed E-state index contributed by atoms with van der Waals surface area (Å²) < 4.78 is 18.9. The number of esters is 1. The van der Waals surface area contributed by atoms with Crippen molar-refractivity contribution < 1.29 is 23.5 Å². The van der Waals surface area contributed by atoms with Gasteiger partial charge in [0.1, 0.15) is 18.8 Å². The summed E-state index contributed by atoms with van der Waals surface area (Å²) in [5.41, 5.74) is -0.425. The summed E-state index contributed by atoms with van der Waals surface area (Å²) in [6, 6.07) is 4.21. The Kier molecular flexibility index (Phi) is 7.90. The molecule has 1 heterocycles. The highest BCUT2D eigenvalue weighted by Crippen LogP contribution is 2.18. The molecule has 0 saturated carbocycles. The van der Waals surface area contributed by atoms with Crippen LogP contribution in [0.1, 0.15) is 32.7 Å². The van der Waals surface area contributed by atoms with Crippen molar-refractivity contribution >= 4 is 40.0 Å². The van der Waals surface area contributed by atoms with E-state index >= 15 is 0 Å². The number of alkyl halides is 1. The number of carbonyl (C=O) groups excluding carboxylic acids is 3. The maximum atomic E-state index is 12.9. The van der Waals surface area contributed by atoms with Gasteiger partial charge in [-0.1, -0.05) is 24.6 Å². The average Bonchev–Trinajstić information content (AvgIpc) is 2.69. The number of amides is 1. The highest BCUT2D eigenvalue weighted by molar-refractivity contribution is 6.31. The molecule has 156 valence electrons. The molecule has 0 fully saturated rings. The zero-order valence-electron chi connectivity index (χ0n) is 16.1. The second kappa shape index (κ2) is 10.2. The number of Topliss-reactive ketones (excluding diaryl/α,β-unsaturated/α-hetero) is 1. The van der Waals surface area contributed by atoms with Gasteiger partial charge in [-0.25, -0.2) is 4.39 Å². The van der Waals surface area contributed by atoms with Gasteiger partial charge in [-0.2, -0.15) is 0 Å². The minimum absolute atomic E-state index is 0.0932. The molecule has 2 aromatic rings. The third-order valence-electron chi connectivity index (χ3n) is 4.43. The smallest absolute Gasteiger partial charge is 0.308 e. The van der Waals surface area contributed by atoms with Crippen LogP contribution in [-0.2, 0) is 19.1 Å². The molecule has 1 unspecified atom stereocenters. The molecular weight excluding hydrogens is 403 g/mol. The van der Waals surface area contributed by atoms with Crippen molar-refractivity contribution in [3.63, 3.8) is 0 Å². The van der Waals surface area contributed by atoms with E-state index in [0.29, 0.717) is 15.8 Å². The number of benzene rings is 1. The van der Waals surface area contributed by atoms with Crippen LogP contribution < -0.4 is 10.9 Å². The monoisotopic (exact) mass is 424 g/mol. The highest BCUT2D eigenvalue weighted by Gasteiger charge is 2.28. The molecule has 0 bridgehead atoms. The van der Waals surface area contributed by atoms with Gasteiger partial charge < -0.3 is 14.6 Å². The molecule has 7 nitrogen and oxygen atoms in total. The van der Waals surface area contributed by atoms with Crippen LogP contribution in [0, 0.1) is 0 Å². The van der Waals surface area contributed by atoms with Gasteiger partial charge in [0.25, 0.3) is 5.56 Å². The Balaban J connectivity index is 2.32. The van der Waals surface area contributed by atoms with Crippen LogP contribution in [0.2, 0.25) is 5.02 Å². The zero-order chi connectivity index (χ0) is 21.6. The lowest BCUT2D eigenvalue weighted by atomic mass is 10.1. The summed E-state index contributed by atoms with van der Waals surface area (Å²) in [5, 5.41) is 3.77. The third kappa shape index (κ3) is 5.41. The molecule has 0 radical (unpaired) electrons. The first-order valence-electron chi connectivity index (χ1n) is 9.17. The molecule has 1 aromatic heterocycles. The fraction of sp³-hybridized carbons (Fsp3) is 0.400. The quantitative estimate of drug-likeness (QED) is 0.624. The van der Waals surface area contributed by atoms with Gasteiger partial charge in [0.15, 0.2) is 5.78 Å². The van der Waals surface area contributed by atoms with E-state index in [1.165, 1.54) is 16.8 Å². The minimum Gasteiger partial charge on any atom is -0.466 e. The second-order valence-electron chi connectivity index (χ2n) is 6.35. The second-order valence-corrected chi connectivity index (χ2v) is 6.79. The first-order chi connectivity index (χ1) is 13.8. The van der Waals surface area contributed by atoms with E-state index in [4.69, 9.17) is 16.3 Å². The predicted molar refractivity (Wildman–Crippen MR) is 107 cm³/mol. The topological polar surface area (TPSA) is 94.5 Å². The average molecular weight is 425 g/mol. The summed E-state index contributed by atoms with van der Waals surface area (Å²) in [6.07, 6.45) is 1.22. The molecule has 9 heteroatoms. The van der Waals surface area contributed by atoms with E-state index in [2.05, 4.69) is 5.32 Å². The van der Waals surface area contributed by atoms with Gasteiger partial charge in [-0.05, 0) is 36.9 Å². The number of aromatic nitrogens is 1. The predicted octanol–water partition coefficient (Wildman–Crippen LogP) is 2.58. The first-order valence-corrected chi connectivity index (χ1v) is 9.55. The van der Waals surface area contributed by atoms with E-state index in [0.717, 1.165) is 0 Å². The van der Waals surface area contributed by atoms with E-state index in [9.17, 15) is 23.6 Å². The summed E-state index contributed by atoms with van der Waals surface area (Å²) in [4.78, 5) is 49.1. The van der Waals surface area contributed by atoms with Gasteiger partial charge in [0.2, 0.25) is 5.91 Å². The summed E-state index contributed by atoms with van der Waals surface area (Å²) in [6.45, 7) is 2.04. The number of fused-ring (bicyclic) bond motifs is 1. The number of rotatable bonds is 9. The normalized spacial score (nSPS) is 13.0. The van der Waals surface area contributed by atoms with Crippen LogP contribution in [0.15, 0.2) is 35.3 Å². The molecular formula is C20H22ClFN2O5. The van der Waals surface area contributed by atoms with Crippen molar-refractivity contribution in [1.29, 1.82) is 0 Å². The minimum atomic E-state index is -1.37. The Bertz CT molecular complexity index is 975. The SMILES string of the molecule is CCOC(=O)CC(NC(=O)[C@H](CC)n1ccc2ccc(Cl)cc2c1=O)C(=O)CF. The third-order valence-corrected chi connectivity index (χ3v) is 4.67. The Labute approximate surface area is 171 Å². The molecule has 0 aliphatic carbocycles. The van der Waals surface area contributed by atoms with Gasteiger partial charge in [-0.3, -0.25) is 19.2 Å². The number of pyridine rings is 1. The summed E-state index contributed by atoms with van der Waals surface area (Å²) in [5.74, 6) is -2.35. The summed E-state index contributed by atoms with van der Waals surface area (Å²) >= 11 is 5.97. The molecule has 1 N–H and O–H groups in total. The Morgan fingerprint density at radius 1 is 1.24 bits per heavy atom. The van der Waals surface area contributed by atoms with Crippen LogP contribution in [0.5, 0.6) is 0 Å². The van der Waals surface area contributed by atoms with Crippen molar-refractivity contribution in [3.05, 3.63) is 45.8 Å². The number of ketones is 1. The van der Waals surface area contributed by atoms with E-state index < -0.39 is 48.4 Å². The molecule has 2 rings (SSSR count). The highest BCUT2D eigenvalue weighted by atomic mass is 35.5. The number of nitrogens with one attached hydrogen (secondary N) is 1. The Morgan fingerprint density at radius 2 is 1.97 bits per heavy atom. The van der Waals surface area contributed by atoms with Crippen molar-refractivity contribution in [2.45, 2.75) is 38.8 Å². The zero-order valence-corrected chi connectivity index (χ0v) is 16.9.